The first kappa shape index (κ1) is 34.2. The summed E-state index contributed by atoms with van der Waals surface area (Å²) in [5.41, 5.74) is 26.8. The van der Waals surface area contributed by atoms with Crippen LogP contribution in [0, 0.1) is 55.4 Å². The first-order chi connectivity index (χ1) is 20.4. The molecule has 4 aromatic rings. The Morgan fingerprint density at radius 1 is 0.467 bits per heavy atom. The van der Waals surface area contributed by atoms with Crippen molar-refractivity contribution in [1.82, 2.24) is 0 Å². The molecule has 1 fully saturated rings. The van der Waals surface area contributed by atoms with E-state index in [9.17, 15) is 0 Å². The van der Waals surface area contributed by atoms with Gasteiger partial charge >= 0.3 is 266 Å². The Labute approximate surface area is 288 Å². The van der Waals surface area contributed by atoms with Crippen molar-refractivity contribution in [3.63, 3.8) is 0 Å². The Morgan fingerprint density at radius 3 is 1.18 bits per heavy atom. The molecular weight excluding hydrogens is 667 g/mol. The predicted octanol–water partition coefficient (Wildman–Crippen LogP) is 6.12. The van der Waals surface area contributed by atoms with Gasteiger partial charge in [-0.15, -0.1) is 0 Å². The Balaban J connectivity index is 0.00000200. The van der Waals surface area contributed by atoms with Gasteiger partial charge in [0, 0.05) is 0 Å². The minimum absolute atomic E-state index is 0. The van der Waals surface area contributed by atoms with E-state index in [0.717, 1.165) is 0 Å². The number of benzene rings is 4. The van der Waals surface area contributed by atoms with Crippen LogP contribution >= 0.6 is 0 Å². The molecule has 0 nitrogen and oxygen atoms in total. The molecule has 1 saturated heterocycles. The van der Waals surface area contributed by atoms with Crippen molar-refractivity contribution in [2.24, 2.45) is 0 Å². The smallest absolute Gasteiger partial charge is 1.00 e. The van der Waals surface area contributed by atoms with Crippen molar-refractivity contribution in [1.29, 1.82) is 0 Å². The van der Waals surface area contributed by atoms with Crippen molar-refractivity contribution in [2.75, 3.05) is 0 Å². The summed E-state index contributed by atoms with van der Waals surface area (Å²) in [6, 6.07) is 19.0. The van der Waals surface area contributed by atoms with Crippen LogP contribution in [0.25, 0.3) is 34.4 Å². The van der Waals surface area contributed by atoms with Gasteiger partial charge in [0.2, 0.25) is 0 Å². The van der Waals surface area contributed by atoms with Crippen molar-refractivity contribution in [3.05, 3.63) is 126 Å². The van der Waals surface area contributed by atoms with Crippen molar-refractivity contribution < 1.29 is 45.1 Å². The summed E-state index contributed by atoms with van der Waals surface area (Å²) >= 11 is -2.75. The zero-order valence-corrected chi connectivity index (χ0v) is 32.6. The monoisotopic (exact) mass is 710 g/mol. The zero-order valence-electron chi connectivity index (χ0n) is 28.6. The van der Waals surface area contributed by atoms with Gasteiger partial charge in [0.1, 0.15) is 0 Å². The Bertz CT molecular complexity index is 1800. The summed E-state index contributed by atoms with van der Waals surface area (Å²) < 4.78 is 4.33. The van der Waals surface area contributed by atoms with Crippen LogP contribution in [0.5, 0.6) is 0 Å². The fraction of sp³-hybridized carbons (Fsp3) is 0.333. The molecule has 0 bridgehead atoms. The molecule has 4 aromatic carbocycles. The minimum Gasteiger partial charge on any atom is -1.00 e. The van der Waals surface area contributed by atoms with Gasteiger partial charge < -0.3 is 24.8 Å². The molecule has 1 heterocycles. The first-order valence-electron chi connectivity index (χ1n) is 16.2. The molecule has 0 spiro atoms. The maximum atomic E-state index is 2.61. The fourth-order valence-electron chi connectivity index (χ4n) is 9.49. The largest absolute Gasteiger partial charge is 1.00 e. The molecule has 3 aliphatic rings. The van der Waals surface area contributed by atoms with Gasteiger partial charge in [-0.05, 0) is 0 Å². The summed E-state index contributed by atoms with van der Waals surface area (Å²) in [7, 11) is 0. The molecule has 0 amide bonds. The molecule has 0 saturated carbocycles. The summed E-state index contributed by atoms with van der Waals surface area (Å²) in [4.78, 5) is 0. The maximum Gasteiger partial charge on any atom is -1.00 e. The van der Waals surface area contributed by atoms with E-state index >= 15 is 0 Å². The van der Waals surface area contributed by atoms with Crippen LogP contribution in [0.3, 0.4) is 0 Å². The van der Waals surface area contributed by atoms with E-state index < -0.39 is 20.3 Å². The second-order valence-electron chi connectivity index (χ2n) is 14.4. The van der Waals surface area contributed by atoms with Crippen LogP contribution in [-0.2, 0) is 20.3 Å². The van der Waals surface area contributed by atoms with Crippen molar-refractivity contribution in [3.8, 4) is 22.3 Å². The van der Waals surface area contributed by atoms with Crippen LogP contribution in [0.15, 0.2) is 59.7 Å². The first-order valence-corrected chi connectivity index (χ1v) is 22.5. The third-order valence-corrected chi connectivity index (χ3v) is 24.5. The Hall–Kier alpha value is -2.18. The second-order valence-corrected chi connectivity index (χ2v) is 25.8. The van der Waals surface area contributed by atoms with Gasteiger partial charge in [-0.3, -0.25) is 0 Å². The van der Waals surface area contributed by atoms with Gasteiger partial charge in [-0.2, -0.15) is 0 Å². The standard InChI is InChI=1S/2C20H21.C2H4.2ClH.Zr/c2*1-12-6-7-17(14(3)8-12)20-16(5)11-15(4)18-9-13(2)10-19(18)20;1-2;;;/h2*6-11H,1-5H3;1-2H2;2*1H;/q;;;;;+2/p-2. The van der Waals surface area contributed by atoms with Gasteiger partial charge in [0.15, 0.2) is 0 Å². The van der Waals surface area contributed by atoms with Gasteiger partial charge in [-0.25, -0.2) is 0 Å². The normalized spacial score (nSPS) is 18.1. The van der Waals surface area contributed by atoms with Crippen LogP contribution < -0.4 is 24.8 Å². The van der Waals surface area contributed by atoms with Crippen LogP contribution in [0.4, 0.5) is 0 Å². The van der Waals surface area contributed by atoms with E-state index in [0.29, 0.717) is 7.25 Å². The number of fused-ring (bicyclic) bond motifs is 2. The molecule has 0 aromatic heterocycles. The molecule has 232 valence electrons. The summed E-state index contributed by atoms with van der Waals surface area (Å²) in [5.74, 6) is 0. The number of halogens is 2. The number of rotatable bonds is 4. The van der Waals surface area contributed by atoms with Crippen LogP contribution in [0.1, 0.15) is 87.9 Å². The molecule has 0 radical (unpaired) electrons. The number of aryl methyl sites for hydroxylation is 8. The van der Waals surface area contributed by atoms with E-state index in [2.05, 4.69) is 130 Å². The van der Waals surface area contributed by atoms with E-state index in [1.165, 1.54) is 86.1 Å². The topological polar surface area (TPSA) is 0 Å². The quantitative estimate of drug-likeness (QED) is 0.240. The number of hydrogen-bond acceptors (Lipinski definition) is 0. The molecule has 3 heteroatoms. The predicted molar refractivity (Wildman–Crippen MR) is 184 cm³/mol. The van der Waals surface area contributed by atoms with Gasteiger partial charge in [-0.1, -0.05) is 0 Å². The molecule has 45 heavy (non-hydrogen) atoms. The van der Waals surface area contributed by atoms with Crippen molar-refractivity contribution >= 4 is 12.2 Å². The third kappa shape index (κ3) is 5.21. The van der Waals surface area contributed by atoms with E-state index in [1.807, 2.05) is 0 Å². The second kappa shape index (κ2) is 12.1. The molecule has 7 rings (SSSR count). The molecule has 1 aliphatic heterocycles. The Kier molecular flexibility index (Phi) is 9.20. The number of allylic oxidation sites excluding steroid dienone is 2. The molecule has 2 atom stereocenters. The van der Waals surface area contributed by atoms with E-state index in [4.69, 9.17) is 0 Å². The average Bonchev–Trinajstić information content (AvgIpc) is 3.50. The fourth-order valence-corrected chi connectivity index (χ4v) is 27.6. The molecular formula is C42H46Cl2Zr. The van der Waals surface area contributed by atoms with Crippen LogP contribution in [-0.4, -0.2) is 0 Å². The zero-order chi connectivity index (χ0) is 30.5. The third-order valence-electron chi connectivity index (χ3n) is 11.1. The summed E-state index contributed by atoms with van der Waals surface area (Å²) in [6.45, 7) is 23.4. The number of hydrogen-bond donors (Lipinski definition) is 0. The van der Waals surface area contributed by atoms with Crippen molar-refractivity contribution in [2.45, 2.75) is 84.7 Å². The van der Waals surface area contributed by atoms with Gasteiger partial charge in [0.25, 0.3) is 0 Å². The van der Waals surface area contributed by atoms with Crippen LogP contribution in [0.2, 0.25) is 8.26 Å². The van der Waals surface area contributed by atoms with E-state index in [1.54, 1.807) is 22.3 Å². The average molecular weight is 713 g/mol. The summed E-state index contributed by atoms with van der Waals surface area (Å²) in [6.07, 6.45) is 5.23. The minimum atomic E-state index is -2.75. The van der Waals surface area contributed by atoms with E-state index in [-0.39, 0.29) is 24.8 Å². The maximum absolute atomic E-state index is 2.75. The SMILES string of the molecule is CC1=Cc2c(-c3ccc(C)cc3C)c(C)cc(C)c2[CH]1[Zr+2]1([CH]2C(C)=Cc3c(-c4ccc(C)cc4C)c(C)cc(C)c32)[CH2][CH2]1.[Cl-].[Cl-]. The molecule has 2 unspecified atom stereocenters. The summed E-state index contributed by atoms with van der Waals surface area (Å²) in [5, 5.41) is 0. The molecule has 2 aliphatic carbocycles. The molecule has 0 N–H and O–H groups in total. The Morgan fingerprint density at radius 2 is 0.844 bits per heavy atom. The van der Waals surface area contributed by atoms with Gasteiger partial charge in [0.05, 0.1) is 0 Å².